The van der Waals surface area contributed by atoms with Gasteiger partial charge in [0.1, 0.15) is 18.0 Å². The van der Waals surface area contributed by atoms with Crippen LogP contribution in [-0.4, -0.2) is 17.3 Å². The molecule has 4 nitrogen and oxygen atoms in total. The van der Waals surface area contributed by atoms with Crippen LogP contribution in [0.3, 0.4) is 0 Å². The molecule has 3 N–H and O–H groups in total. The summed E-state index contributed by atoms with van der Waals surface area (Å²) in [6.45, 7) is 5.53. The number of nitrogens with two attached hydrogens (primary N) is 1. The summed E-state index contributed by atoms with van der Waals surface area (Å²) in [4.78, 5) is 10.9. The number of benzene rings is 1. The summed E-state index contributed by atoms with van der Waals surface area (Å²) >= 11 is 0. The van der Waals surface area contributed by atoms with Crippen molar-refractivity contribution in [3.8, 4) is 11.8 Å². The number of ether oxygens (including phenoxy) is 1. The summed E-state index contributed by atoms with van der Waals surface area (Å²) < 4.78 is 44.6. The zero-order valence-corrected chi connectivity index (χ0v) is 13.0. The van der Waals surface area contributed by atoms with Gasteiger partial charge in [-0.3, -0.25) is 0 Å². The van der Waals surface area contributed by atoms with E-state index in [1.807, 2.05) is 20.8 Å². The maximum atomic E-state index is 13.7. The van der Waals surface area contributed by atoms with Crippen molar-refractivity contribution in [2.75, 3.05) is 0 Å². The van der Waals surface area contributed by atoms with Crippen LogP contribution in [0.25, 0.3) is 0 Å². The first kappa shape index (κ1) is 18.8. The Bertz CT molecular complexity index is 644. The number of rotatable bonds is 4. The van der Waals surface area contributed by atoms with Crippen molar-refractivity contribution in [1.82, 2.24) is 0 Å². The lowest BCUT2D eigenvalue weighted by molar-refractivity contribution is 0.00615. The quantitative estimate of drug-likeness (QED) is 0.659. The summed E-state index contributed by atoms with van der Waals surface area (Å²) in [5.41, 5.74) is 4.02. The van der Waals surface area contributed by atoms with Gasteiger partial charge in [0.05, 0.1) is 0 Å². The number of primary amides is 1. The van der Waals surface area contributed by atoms with E-state index in [4.69, 9.17) is 10.5 Å². The van der Waals surface area contributed by atoms with Gasteiger partial charge in [0.25, 0.3) is 0 Å². The molecule has 0 aromatic heterocycles. The Labute approximate surface area is 132 Å². The molecule has 2 atom stereocenters. The number of amides is 1. The van der Waals surface area contributed by atoms with Crippen molar-refractivity contribution in [2.24, 2.45) is 11.1 Å². The second kappa shape index (κ2) is 7.38. The molecular formula is C16H18F3NO3. The average Bonchev–Trinajstić information content (AvgIpc) is 2.39. The zero-order valence-electron chi connectivity index (χ0n) is 13.0. The Balaban J connectivity index is 3.08. The standard InChI is InChI=1S/C16H18F3NO3/c1-16(2,3)6-4-5-13(23-15(20)22)14(21)9-7-11(18)12(19)8-10(9)17/h7-8,13-14,21H,5H2,1-3H3,(H2,20,22). The molecule has 1 rings (SSSR count). The van der Waals surface area contributed by atoms with E-state index < -0.39 is 41.3 Å². The van der Waals surface area contributed by atoms with Gasteiger partial charge in [0.2, 0.25) is 0 Å². The Morgan fingerprint density at radius 1 is 1.26 bits per heavy atom. The Morgan fingerprint density at radius 3 is 2.35 bits per heavy atom. The van der Waals surface area contributed by atoms with Gasteiger partial charge >= 0.3 is 6.09 Å². The van der Waals surface area contributed by atoms with E-state index >= 15 is 0 Å². The Morgan fingerprint density at radius 2 is 1.83 bits per heavy atom. The van der Waals surface area contributed by atoms with Crippen LogP contribution >= 0.6 is 0 Å². The lowest BCUT2D eigenvalue weighted by atomic mass is 9.96. The normalized spacial score (nSPS) is 13.7. The molecule has 0 aliphatic carbocycles. The van der Waals surface area contributed by atoms with Gasteiger partial charge < -0.3 is 15.6 Å². The Kier molecular flexibility index (Phi) is 6.05. The van der Waals surface area contributed by atoms with Crippen LogP contribution in [-0.2, 0) is 4.74 Å². The topological polar surface area (TPSA) is 72.5 Å². The number of carbonyl (C=O) groups is 1. The maximum Gasteiger partial charge on any atom is 0.404 e. The molecule has 0 saturated carbocycles. The van der Waals surface area contributed by atoms with Crippen molar-refractivity contribution in [3.63, 3.8) is 0 Å². The lowest BCUT2D eigenvalue weighted by Gasteiger charge is -2.21. The van der Waals surface area contributed by atoms with Crippen LogP contribution in [0.1, 0.15) is 38.9 Å². The average molecular weight is 329 g/mol. The van der Waals surface area contributed by atoms with E-state index in [0.29, 0.717) is 12.1 Å². The summed E-state index contributed by atoms with van der Waals surface area (Å²) in [6.07, 6.45) is -4.41. The molecule has 0 aliphatic rings. The minimum Gasteiger partial charge on any atom is -0.442 e. The molecule has 7 heteroatoms. The van der Waals surface area contributed by atoms with Gasteiger partial charge in [-0.1, -0.05) is 11.8 Å². The van der Waals surface area contributed by atoms with Crippen molar-refractivity contribution < 1.29 is 27.8 Å². The fourth-order valence-electron chi connectivity index (χ4n) is 1.75. The lowest BCUT2D eigenvalue weighted by Crippen LogP contribution is -2.29. The number of aliphatic hydroxyl groups is 1. The fraction of sp³-hybridized carbons (Fsp3) is 0.438. The molecule has 0 heterocycles. The predicted octanol–water partition coefficient (Wildman–Crippen LogP) is 3.04. The van der Waals surface area contributed by atoms with Crippen molar-refractivity contribution in [3.05, 3.63) is 35.1 Å². The van der Waals surface area contributed by atoms with Crippen LogP contribution in [0, 0.1) is 34.7 Å². The molecular weight excluding hydrogens is 311 g/mol. The van der Waals surface area contributed by atoms with Gasteiger partial charge in [-0.15, -0.1) is 0 Å². The molecule has 2 unspecified atom stereocenters. The smallest absolute Gasteiger partial charge is 0.404 e. The highest BCUT2D eigenvalue weighted by Gasteiger charge is 2.27. The molecule has 0 fully saturated rings. The second-order valence-corrected chi connectivity index (χ2v) is 5.96. The predicted molar refractivity (Wildman–Crippen MR) is 77.6 cm³/mol. The molecule has 0 saturated heterocycles. The first-order chi connectivity index (χ1) is 10.5. The molecule has 0 spiro atoms. The van der Waals surface area contributed by atoms with Crippen LogP contribution in [0.5, 0.6) is 0 Å². The largest absolute Gasteiger partial charge is 0.442 e. The van der Waals surface area contributed by atoms with Gasteiger partial charge in [-0.05, 0) is 26.8 Å². The highest BCUT2D eigenvalue weighted by Crippen LogP contribution is 2.26. The highest BCUT2D eigenvalue weighted by molar-refractivity contribution is 5.65. The zero-order chi connectivity index (χ0) is 17.8. The van der Waals surface area contributed by atoms with Gasteiger partial charge in [-0.2, -0.15) is 0 Å². The number of aliphatic hydroxyl groups excluding tert-OH is 1. The third-order valence-electron chi connectivity index (χ3n) is 2.74. The molecule has 126 valence electrons. The van der Waals surface area contributed by atoms with Crippen molar-refractivity contribution in [1.29, 1.82) is 0 Å². The van der Waals surface area contributed by atoms with Crippen LogP contribution in [0.2, 0.25) is 0 Å². The van der Waals surface area contributed by atoms with Crippen LogP contribution in [0.15, 0.2) is 12.1 Å². The van der Waals surface area contributed by atoms with Gasteiger partial charge in [-0.25, -0.2) is 18.0 Å². The summed E-state index contributed by atoms with van der Waals surface area (Å²) in [5.74, 6) is 1.65. The third kappa shape index (κ3) is 5.83. The molecule has 1 amide bonds. The first-order valence-electron chi connectivity index (χ1n) is 6.80. The second-order valence-electron chi connectivity index (χ2n) is 5.96. The fourth-order valence-corrected chi connectivity index (χ4v) is 1.75. The van der Waals surface area contributed by atoms with Gasteiger partial charge in [0, 0.05) is 23.5 Å². The summed E-state index contributed by atoms with van der Waals surface area (Å²) in [6, 6.07) is 0.805. The third-order valence-corrected chi connectivity index (χ3v) is 2.74. The van der Waals surface area contributed by atoms with Crippen LogP contribution < -0.4 is 5.73 Å². The van der Waals surface area contributed by atoms with Crippen molar-refractivity contribution >= 4 is 6.09 Å². The highest BCUT2D eigenvalue weighted by atomic mass is 19.2. The number of hydrogen-bond acceptors (Lipinski definition) is 3. The minimum atomic E-state index is -1.74. The first-order valence-corrected chi connectivity index (χ1v) is 6.80. The Hall–Kier alpha value is -2.20. The molecule has 1 aromatic rings. The van der Waals surface area contributed by atoms with E-state index in [1.165, 1.54) is 0 Å². The van der Waals surface area contributed by atoms with E-state index in [-0.39, 0.29) is 11.8 Å². The monoisotopic (exact) mass is 329 g/mol. The van der Waals surface area contributed by atoms with Crippen LogP contribution in [0.4, 0.5) is 18.0 Å². The van der Waals surface area contributed by atoms with E-state index in [2.05, 4.69) is 11.8 Å². The molecule has 0 bridgehead atoms. The number of halogens is 3. The van der Waals surface area contributed by atoms with Crippen molar-refractivity contribution in [2.45, 2.75) is 39.4 Å². The van der Waals surface area contributed by atoms with E-state index in [1.54, 1.807) is 0 Å². The molecule has 0 aliphatic heterocycles. The van der Waals surface area contributed by atoms with Gasteiger partial charge in [0.15, 0.2) is 11.6 Å². The van der Waals surface area contributed by atoms with E-state index in [9.17, 15) is 23.1 Å². The SMILES string of the molecule is CC(C)(C)C#CCC(OC(N)=O)C(O)c1cc(F)c(F)cc1F. The molecule has 0 radical (unpaired) electrons. The minimum absolute atomic E-state index is 0.153. The summed E-state index contributed by atoms with van der Waals surface area (Å²) in [5, 5.41) is 10.1. The molecule has 1 aromatic carbocycles. The number of hydrogen-bond donors (Lipinski definition) is 2. The summed E-state index contributed by atoms with van der Waals surface area (Å²) in [7, 11) is 0. The maximum absolute atomic E-state index is 13.7. The van der Waals surface area contributed by atoms with E-state index in [0.717, 1.165) is 0 Å². The molecule has 23 heavy (non-hydrogen) atoms. The number of carbonyl (C=O) groups excluding carboxylic acids is 1.